The fraction of sp³-hybridized carbons (Fsp3) is 0.600. The highest BCUT2D eigenvalue weighted by atomic mass is 16.4. The molecule has 0 saturated heterocycles. The van der Waals surface area contributed by atoms with E-state index in [4.69, 9.17) is 5.11 Å². The Kier molecular flexibility index (Phi) is 12.4. The zero-order valence-electron chi connectivity index (χ0n) is 22.8. The van der Waals surface area contributed by atoms with Crippen LogP contribution in [0.5, 0.6) is 0 Å². The minimum atomic E-state index is -1.35. The Bertz CT molecular complexity index is 1060. The molecule has 1 fully saturated rings. The summed E-state index contributed by atoms with van der Waals surface area (Å²) in [6.45, 7) is 1.28. The van der Waals surface area contributed by atoms with E-state index in [0.717, 1.165) is 0 Å². The van der Waals surface area contributed by atoms with Crippen LogP contribution in [0.1, 0.15) is 39.5 Å². The maximum absolute atomic E-state index is 12.8. The molecule has 3 atom stereocenters. The second kappa shape index (κ2) is 15.4. The van der Waals surface area contributed by atoms with Gasteiger partial charge in [0, 0.05) is 24.6 Å². The Morgan fingerprint density at radius 2 is 1.37 bits per heavy atom. The highest BCUT2D eigenvalue weighted by molar-refractivity contribution is 6.12. The van der Waals surface area contributed by atoms with Crippen LogP contribution in [0.2, 0.25) is 0 Å². The Morgan fingerprint density at radius 3 is 1.90 bits per heavy atom. The average molecular weight is 581 g/mol. The van der Waals surface area contributed by atoms with E-state index >= 15 is 0 Å². The number of carbonyl (C=O) groups excluding carboxylic acids is 7. The van der Waals surface area contributed by atoms with Gasteiger partial charge in [-0.1, -0.05) is 0 Å². The summed E-state index contributed by atoms with van der Waals surface area (Å²) in [5, 5.41) is 30.0. The second-order valence-electron chi connectivity index (χ2n) is 9.96. The van der Waals surface area contributed by atoms with Gasteiger partial charge in [-0.15, -0.1) is 0 Å². The normalized spacial score (nSPS) is 20.4. The first-order valence-corrected chi connectivity index (χ1v) is 13.1. The molecule has 16 heteroatoms. The number of aliphatic hydroxyl groups excluding tert-OH is 1. The van der Waals surface area contributed by atoms with Crippen LogP contribution in [0.3, 0.4) is 0 Å². The molecule has 16 nitrogen and oxygen atoms in total. The molecular weight excluding hydrogens is 544 g/mol. The third-order valence-electron chi connectivity index (χ3n) is 6.68. The number of carboxylic acids is 1. The summed E-state index contributed by atoms with van der Waals surface area (Å²) < 4.78 is 0. The van der Waals surface area contributed by atoms with Crippen LogP contribution in [0.4, 0.5) is 0 Å². The number of imide groups is 1. The lowest BCUT2D eigenvalue weighted by Gasteiger charge is -2.31. The van der Waals surface area contributed by atoms with E-state index in [0.29, 0.717) is 25.7 Å². The summed E-state index contributed by atoms with van der Waals surface area (Å²) in [6.07, 6.45) is 3.29. The fourth-order valence-corrected chi connectivity index (χ4v) is 4.32. The van der Waals surface area contributed by atoms with E-state index in [1.807, 2.05) is 5.32 Å². The monoisotopic (exact) mass is 580 g/mol. The molecule has 0 bridgehead atoms. The largest absolute Gasteiger partial charge is 0.480 e. The number of carboxylic acid groups (broad SMARTS) is 1. The first kappa shape index (κ1) is 32.9. The van der Waals surface area contributed by atoms with Crippen molar-refractivity contribution >= 4 is 47.3 Å². The van der Waals surface area contributed by atoms with Crippen molar-refractivity contribution in [2.45, 2.75) is 57.7 Å². The predicted octanol–water partition coefficient (Wildman–Crippen LogP) is -3.48. The van der Waals surface area contributed by atoms with Gasteiger partial charge in [-0.2, -0.15) is 0 Å². The summed E-state index contributed by atoms with van der Waals surface area (Å²) >= 11 is 0. The summed E-state index contributed by atoms with van der Waals surface area (Å²) in [6, 6.07) is -2.50. The smallest absolute Gasteiger partial charge is 0.322 e. The van der Waals surface area contributed by atoms with E-state index in [1.54, 1.807) is 0 Å². The van der Waals surface area contributed by atoms with Crippen LogP contribution in [-0.2, 0) is 38.4 Å². The highest BCUT2D eigenvalue weighted by Crippen LogP contribution is 2.30. The molecule has 1 saturated carbocycles. The van der Waals surface area contributed by atoms with Gasteiger partial charge < -0.3 is 36.8 Å². The summed E-state index contributed by atoms with van der Waals surface area (Å²) in [5.41, 5.74) is 0. The average Bonchev–Trinajstić information content (AvgIpc) is 3.24. The first-order chi connectivity index (χ1) is 19.3. The molecule has 0 aromatic heterocycles. The number of hydrogen-bond donors (Lipinski definition) is 7. The van der Waals surface area contributed by atoms with Gasteiger partial charge in [0.25, 0.3) is 11.8 Å². The van der Waals surface area contributed by atoms with Gasteiger partial charge in [0.1, 0.15) is 18.6 Å². The van der Waals surface area contributed by atoms with Crippen LogP contribution in [0, 0.1) is 11.8 Å². The van der Waals surface area contributed by atoms with Crippen LogP contribution in [0.15, 0.2) is 12.2 Å². The Morgan fingerprint density at radius 1 is 0.829 bits per heavy atom. The van der Waals surface area contributed by atoms with Gasteiger partial charge in [-0.25, -0.2) is 0 Å². The summed E-state index contributed by atoms with van der Waals surface area (Å²) in [4.78, 5) is 96.2. The van der Waals surface area contributed by atoms with E-state index in [-0.39, 0.29) is 24.3 Å². The minimum absolute atomic E-state index is 0.0539. The topological polar surface area (TPSA) is 240 Å². The molecule has 1 aliphatic heterocycles. The number of aliphatic hydroxyl groups is 1. The number of nitrogens with one attached hydrogen (secondary N) is 5. The molecule has 0 radical (unpaired) electrons. The lowest BCUT2D eigenvalue weighted by Crippen LogP contribution is -2.57. The van der Waals surface area contributed by atoms with Gasteiger partial charge in [-0.3, -0.25) is 43.3 Å². The SMILES string of the molecule is C[C@H](NC(=O)[C@@H](NC(=O)C1CCC(CN2C(=O)C=CC2=O)CC1)[C@@H](C)O)C(=O)NCC(=O)NCC(=O)NCC(=O)O. The van der Waals surface area contributed by atoms with E-state index in [1.165, 1.54) is 30.9 Å². The predicted molar refractivity (Wildman–Crippen MR) is 139 cm³/mol. The van der Waals surface area contributed by atoms with Crippen molar-refractivity contribution in [1.29, 1.82) is 0 Å². The van der Waals surface area contributed by atoms with Crippen molar-refractivity contribution < 1.29 is 48.6 Å². The molecule has 1 heterocycles. The zero-order valence-corrected chi connectivity index (χ0v) is 22.8. The maximum atomic E-state index is 12.8. The van der Waals surface area contributed by atoms with Crippen molar-refractivity contribution in [1.82, 2.24) is 31.5 Å². The maximum Gasteiger partial charge on any atom is 0.322 e. The number of carbonyl (C=O) groups is 8. The van der Waals surface area contributed by atoms with Gasteiger partial charge in [0.05, 0.1) is 19.2 Å². The number of hydrogen-bond acceptors (Lipinski definition) is 9. The number of amides is 7. The van der Waals surface area contributed by atoms with Crippen molar-refractivity contribution in [3.05, 3.63) is 12.2 Å². The van der Waals surface area contributed by atoms with E-state index in [9.17, 15) is 43.5 Å². The number of nitrogens with zero attached hydrogens (tertiary/aromatic N) is 1. The number of rotatable bonds is 14. The van der Waals surface area contributed by atoms with Gasteiger partial charge in [-0.05, 0) is 45.4 Å². The first-order valence-electron chi connectivity index (χ1n) is 13.1. The highest BCUT2D eigenvalue weighted by Gasteiger charge is 2.34. The van der Waals surface area contributed by atoms with Gasteiger partial charge in [0.15, 0.2) is 0 Å². The molecule has 7 N–H and O–H groups in total. The molecule has 1 aliphatic carbocycles. The van der Waals surface area contributed by atoms with E-state index < -0.39 is 79.2 Å². The lowest BCUT2D eigenvalue weighted by molar-refractivity contribution is -0.139. The molecule has 2 aliphatic rings. The standard InChI is InChI=1S/C25H36N6O10/c1-13(23(39)28-10-18(34)26-9-17(33)27-11-21(37)38)29-25(41)22(14(2)32)30-24(40)16-5-3-15(4-6-16)12-31-19(35)7-8-20(31)36/h7-8,13-16,22,32H,3-6,9-12H2,1-2H3,(H,26,34)(H,27,33)(H,28,39)(H,29,41)(H,30,40)(H,37,38)/t13-,14+,15?,16?,22-/m0/s1. The lowest BCUT2D eigenvalue weighted by atomic mass is 9.81. The van der Waals surface area contributed by atoms with E-state index in [2.05, 4.69) is 21.3 Å². The minimum Gasteiger partial charge on any atom is -0.480 e. The Labute approximate surface area is 235 Å². The van der Waals surface area contributed by atoms with Gasteiger partial charge in [0.2, 0.25) is 29.5 Å². The molecule has 2 rings (SSSR count). The van der Waals surface area contributed by atoms with Gasteiger partial charge >= 0.3 is 5.97 Å². The molecule has 0 aromatic rings. The Balaban J connectivity index is 1.76. The molecule has 226 valence electrons. The molecule has 7 amide bonds. The molecule has 0 unspecified atom stereocenters. The van der Waals surface area contributed by atoms with Crippen molar-refractivity contribution in [3.8, 4) is 0 Å². The third kappa shape index (κ3) is 10.6. The van der Waals surface area contributed by atoms with Crippen LogP contribution in [0.25, 0.3) is 0 Å². The zero-order chi connectivity index (χ0) is 30.7. The molecule has 0 aromatic carbocycles. The van der Waals surface area contributed by atoms with Crippen LogP contribution >= 0.6 is 0 Å². The van der Waals surface area contributed by atoms with Crippen LogP contribution < -0.4 is 26.6 Å². The second-order valence-corrected chi connectivity index (χ2v) is 9.96. The van der Waals surface area contributed by atoms with Crippen molar-refractivity contribution in [3.63, 3.8) is 0 Å². The molecular formula is C25H36N6O10. The quantitative estimate of drug-likeness (QED) is 0.100. The van der Waals surface area contributed by atoms with Crippen molar-refractivity contribution in [2.75, 3.05) is 26.2 Å². The third-order valence-corrected chi connectivity index (χ3v) is 6.68. The Hall–Kier alpha value is -4.34. The van der Waals surface area contributed by atoms with Crippen LogP contribution in [-0.4, -0.2) is 107 Å². The summed E-state index contributed by atoms with van der Waals surface area (Å²) in [7, 11) is 0. The number of aliphatic carboxylic acids is 1. The summed E-state index contributed by atoms with van der Waals surface area (Å²) in [5.74, 6) is -5.82. The molecule has 0 spiro atoms. The molecule has 41 heavy (non-hydrogen) atoms. The fourth-order valence-electron chi connectivity index (χ4n) is 4.32. The van der Waals surface area contributed by atoms with Crippen molar-refractivity contribution in [2.24, 2.45) is 11.8 Å².